The smallest absolute Gasteiger partial charge is 0.246 e. The molecule has 0 N–H and O–H groups in total. The van der Waals surface area contributed by atoms with E-state index in [0.717, 1.165) is 13.1 Å². The van der Waals surface area contributed by atoms with Gasteiger partial charge in [-0.1, -0.05) is 0 Å². The van der Waals surface area contributed by atoms with Crippen molar-refractivity contribution >= 4 is 11.7 Å². The normalized spacial score (nSPS) is 16.1. The lowest BCUT2D eigenvalue weighted by Gasteiger charge is -2.36. The summed E-state index contributed by atoms with van der Waals surface area (Å²) >= 11 is 0. The van der Waals surface area contributed by atoms with Crippen molar-refractivity contribution in [3.8, 4) is 5.75 Å². The molecule has 5 nitrogen and oxygen atoms in total. The Balaban J connectivity index is 1.89. The molecule has 0 bridgehead atoms. The molecular formula is C18H24N2O3. The van der Waals surface area contributed by atoms with Gasteiger partial charge in [-0.25, -0.2) is 0 Å². The van der Waals surface area contributed by atoms with Crippen molar-refractivity contribution in [3.63, 3.8) is 0 Å². The van der Waals surface area contributed by atoms with Crippen LogP contribution < -0.4 is 4.74 Å². The Labute approximate surface area is 137 Å². The number of amides is 1. The summed E-state index contributed by atoms with van der Waals surface area (Å²) in [5.74, 6) is 0.418. The van der Waals surface area contributed by atoms with E-state index < -0.39 is 0 Å². The zero-order valence-electron chi connectivity index (χ0n) is 14.0. The maximum atomic E-state index is 12.2. The second kappa shape index (κ2) is 7.92. The van der Waals surface area contributed by atoms with E-state index in [1.807, 2.05) is 0 Å². The molecule has 0 aromatic heterocycles. The Kier molecular flexibility index (Phi) is 5.93. The largest absolute Gasteiger partial charge is 0.497 e. The predicted octanol–water partition coefficient (Wildman–Crippen LogP) is 1.99. The first-order chi connectivity index (χ1) is 11.0. The molecule has 0 spiro atoms. The molecule has 1 fully saturated rings. The number of methoxy groups -OCH3 is 1. The van der Waals surface area contributed by atoms with Gasteiger partial charge >= 0.3 is 0 Å². The highest BCUT2D eigenvalue weighted by Gasteiger charge is 2.21. The molecular weight excluding hydrogens is 292 g/mol. The average molecular weight is 316 g/mol. The quantitative estimate of drug-likeness (QED) is 0.616. The Morgan fingerprint density at radius 2 is 1.65 bits per heavy atom. The number of piperazine rings is 1. The summed E-state index contributed by atoms with van der Waals surface area (Å²) in [7, 11) is 1.58. The van der Waals surface area contributed by atoms with Crippen molar-refractivity contribution in [2.75, 3.05) is 33.3 Å². The van der Waals surface area contributed by atoms with E-state index in [-0.39, 0.29) is 11.7 Å². The molecule has 1 amide bonds. The van der Waals surface area contributed by atoms with E-state index >= 15 is 0 Å². The van der Waals surface area contributed by atoms with E-state index in [0.29, 0.717) is 30.4 Å². The van der Waals surface area contributed by atoms with Crippen molar-refractivity contribution in [1.82, 2.24) is 9.80 Å². The number of carbonyl (C=O) groups excluding carboxylic acids is 2. The Hall–Kier alpha value is -2.14. The van der Waals surface area contributed by atoms with Crippen molar-refractivity contribution < 1.29 is 14.3 Å². The summed E-state index contributed by atoms with van der Waals surface area (Å²) in [5.41, 5.74) is 0.541. The molecule has 2 rings (SSSR count). The van der Waals surface area contributed by atoms with E-state index in [1.54, 1.807) is 36.3 Å². The fourth-order valence-electron chi connectivity index (χ4n) is 2.56. The summed E-state index contributed by atoms with van der Waals surface area (Å²) in [5, 5.41) is 0. The summed E-state index contributed by atoms with van der Waals surface area (Å²) in [4.78, 5) is 28.4. The van der Waals surface area contributed by atoms with Crippen molar-refractivity contribution in [2.24, 2.45) is 0 Å². The lowest BCUT2D eigenvalue weighted by Crippen LogP contribution is -2.50. The van der Waals surface area contributed by atoms with Crippen LogP contribution in [0.3, 0.4) is 0 Å². The summed E-state index contributed by atoms with van der Waals surface area (Å²) in [6, 6.07) is 7.34. The molecule has 1 aromatic carbocycles. The molecule has 23 heavy (non-hydrogen) atoms. The van der Waals surface area contributed by atoms with Crippen LogP contribution in [0.4, 0.5) is 0 Å². The van der Waals surface area contributed by atoms with Crippen LogP contribution in [0.2, 0.25) is 0 Å². The van der Waals surface area contributed by atoms with Gasteiger partial charge in [0.1, 0.15) is 5.75 Å². The number of hydrogen-bond donors (Lipinski definition) is 0. The van der Waals surface area contributed by atoms with Gasteiger partial charge in [-0.05, 0) is 44.2 Å². The van der Waals surface area contributed by atoms with E-state index in [9.17, 15) is 9.59 Å². The lowest BCUT2D eigenvalue weighted by atomic mass is 10.1. The van der Waals surface area contributed by atoms with Crippen LogP contribution in [0.15, 0.2) is 36.4 Å². The highest BCUT2D eigenvalue weighted by Crippen LogP contribution is 2.12. The maximum Gasteiger partial charge on any atom is 0.246 e. The third-order valence-corrected chi connectivity index (χ3v) is 4.11. The van der Waals surface area contributed by atoms with Crippen LogP contribution in [-0.4, -0.2) is 60.8 Å². The fraction of sp³-hybridized carbons (Fsp3) is 0.444. The molecule has 1 heterocycles. The number of ketones is 1. The van der Waals surface area contributed by atoms with Gasteiger partial charge in [0.25, 0.3) is 0 Å². The van der Waals surface area contributed by atoms with Gasteiger partial charge in [0, 0.05) is 43.9 Å². The fourth-order valence-corrected chi connectivity index (χ4v) is 2.56. The zero-order chi connectivity index (χ0) is 16.8. The topological polar surface area (TPSA) is 49.9 Å². The minimum absolute atomic E-state index is 0.102. The van der Waals surface area contributed by atoms with Crippen molar-refractivity contribution in [1.29, 1.82) is 0 Å². The van der Waals surface area contributed by atoms with Crippen LogP contribution in [0.5, 0.6) is 5.75 Å². The number of hydrogen-bond acceptors (Lipinski definition) is 4. The van der Waals surface area contributed by atoms with Crippen LogP contribution >= 0.6 is 0 Å². The molecule has 0 atom stereocenters. The third kappa shape index (κ3) is 4.66. The highest BCUT2D eigenvalue weighted by molar-refractivity contribution is 6.07. The van der Waals surface area contributed by atoms with Crippen molar-refractivity contribution in [2.45, 2.75) is 19.9 Å². The maximum absolute atomic E-state index is 12.2. The molecule has 124 valence electrons. The second-order valence-electron chi connectivity index (χ2n) is 5.88. The molecule has 1 aliphatic heterocycles. The number of nitrogens with zero attached hydrogens (tertiary/aromatic N) is 2. The summed E-state index contributed by atoms with van der Waals surface area (Å²) in [6.45, 7) is 7.49. The molecule has 1 aliphatic rings. The van der Waals surface area contributed by atoms with Crippen LogP contribution in [-0.2, 0) is 4.79 Å². The molecule has 1 saturated heterocycles. The molecule has 0 saturated carbocycles. The van der Waals surface area contributed by atoms with E-state index in [4.69, 9.17) is 4.74 Å². The van der Waals surface area contributed by atoms with Crippen LogP contribution in [0, 0.1) is 0 Å². The van der Waals surface area contributed by atoms with Crippen LogP contribution in [0.1, 0.15) is 24.2 Å². The average Bonchev–Trinajstić information content (AvgIpc) is 2.59. The van der Waals surface area contributed by atoms with Gasteiger partial charge in [-0.2, -0.15) is 0 Å². The number of benzene rings is 1. The Bertz CT molecular complexity index is 570. The number of ether oxygens (including phenoxy) is 1. The second-order valence-corrected chi connectivity index (χ2v) is 5.88. The summed E-state index contributed by atoms with van der Waals surface area (Å²) in [6.07, 6.45) is 2.72. The Morgan fingerprint density at radius 1 is 1.04 bits per heavy atom. The third-order valence-electron chi connectivity index (χ3n) is 4.11. The predicted molar refractivity (Wildman–Crippen MR) is 89.8 cm³/mol. The van der Waals surface area contributed by atoms with Gasteiger partial charge in [0.2, 0.25) is 5.91 Å². The monoisotopic (exact) mass is 316 g/mol. The number of rotatable bonds is 5. The van der Waals surface area contributed by atoms with E-state index in [2.05, 4.69) is 18.7 Å². The van der Waals surface area contributed by atoms with Gasteiger partial charge in [0.05, 0.1) is 7.11 Å². The lowest BCUT2D eigenvalue weighted by molar-refractivity contribution is -0.128. The van der Waals surface area contributed by atoms with E-state index in [1.165, 1.54) is 12.2 Å². The number of allylic oxidation sites excluding steroid dienone is 1. The molecule has 1 aromatic rings. The van der Waals surface area contributed by atoms with Gasteiger partial charge in [-0.3, -0.25) is 14.5 Å². The first-order valence-electron chi connectivity index (χ1n) is 7.90. The van der Waals surface area contributed by atoms with Gasteiger partial charge in [-0.15, -0.1) is 0 Å². The van der Waals surface area contributed by atoms with Gasteiger partial charge < -0.3 is 9.64 Å². The molecule has 5 heteroatoms. The minimum Gasteiger partial charge on any atom is -0.497 e. The van der Waals surface area contributed by atoms with Gasteiger partial charge in [0.15, 0.2) is 5.78 Å². The standard InChI is InChI=1S/C18H24N2O3/c1-14(2)19-10-12-20(13-11-19)18(22)9-8-17(21)15-4-6-16(23-3)7-5-15/h4-9,14H,10-13H2,1-3H3/b9-8+. The SMILES string of the molecule is COc1ccc(C(=O)/C=C/C(=O)N2CCN(C(C)C)CC2)cc1. The first-order valence-corrected chi connectivity index (χ1v) is 7.90. The van der Waals surface area contributed by atoms with Crippen molar-refractivity contribution in [3.05, 3.63) is 42.0 Å². The molecule has 0 radical (unpaired) electrons. The highest BCUT2D eigenvalue weighted by atomic mass is 16.5. The molecule has 0 aliphatic carbocycles. The number of carbonyl (C=O) groups is 2. The minimum atomic E-state index is -0.179. The Morgan fingerprint density at radius 3 is 2.17 bits per heavy atom. The van der Waals surface area contributed by atoms with Crippen LogP contribution in [0.25, 0.3) is 0 Å². The summed E-state index contributed by atoms with van der Waals surface area (Å²) < 4.78 is 5.06. The first kappa shape index (κ1) is 17.2. The zero-order valence-corrected chi connectivity index (χ0v) is 14.0. The molecule has 0 unspecified atom stereocenters.